The minimum absolute atomic E-state index is 0.00592. The first-order chi connectivity index (χ1) is 15.5. The second kappa shape index (κ2) is 9.97. The Labute approximate surface area is 193 Å². The van der Waals surface area contributed by atoms with Crippen LogP contribution in [0.4, 0.5) is 20.2 Å². The number of amides is 2. The van der Waals surface area contributed by atoms with Crippen LogP contribution in [0.15, 0.2) is 65.6 Å². The Hall–Kier alpha value is -3.50. The largest absolute Gasteiger partial charge is 0.343 e. The molecule has 7 nitrogen and oxygen atoms in total. The van der Waals surface area contributed by atoms with E-state index in [4.69, 9.17) is 11.6 Å². The fourth-order valence-corrected chi connectivity index (χ4v) is 4.05. The summed E-state index contributed by atoms with van der Waals surface area (Å²) >= 11 is 5.64. The van der Waals surface area contributed by atoms with Crippen molar-refractivity contribution in [1.29, 1.82) is 0 Å². The number of carbonyl (C=O) groups is 2. The van der Waals surface area contributed by atoms with Crippen LogP contribution >= 0.6 is 11.6 Å². The molecule has 0 atom stereocenters. The molecule has 0 unspecified atom stereocenters. The number of benzene rings is 3. The maximum absolute atomic E-state index is 13.9. The van der Waals surface area contributed by atoms with E-state index in [9.17, 15) is 26.8 Å². The van der Waals surface area contributed by atoms with E-state index in [2.05, 4.69) is 15.4 Å². The first kappa shape index (κ1) is 24.1. The van der Waals surface area contributed by atoms with Gasteiger partial charge in [-0.2, -0.15) is 0 Å². The number of hydrogen-bond donors (Lipinski definition) is 3. The molecule has 0 saturated carbocycles. The standard InChI is InChI=1S/C22H18ClF2N3O4S/c1-13-2-8-19(17(24)10-13)27-21(29)12-26-22(30)14-3-6-16(7-4-14)28-33(31,32)20-9-5-15(23)11-18(20)25/h2-11,28H,12H2,1H3,(H,26,30)(H,27,29). The summed E-state index contributed by atoms with van der Waals surface area (Å²) in [5.41, 5.74) is 0.926. The van der Waals surface area contributed by atoms with Gasteiger partial charge in [-0.25, -0.2) is 17.2 Å². The third kappa shape index (κ3) is 6.27. The van der Waals surface area contributed by atoms with Gasteiger partial charge in [-0.1, -0.05) is 17.7 Å². The average molecular weight is 494 g/mol. The van der Waals surface area contributed by atoms with Crippen molar-refractivity contribution >= 4 is 44.8 Å². The quantitative estimate of drug-likeness (QED) is 0.461. The van der Waals surface area contributed by atoms with Crippen LogP contribution in [0.3, 0.4) is 0 Å². The third-order valence-corrected chi connectivity index (χ3v) is 6.04. The van der Waals surface area contributed by atoms with Gasteiger partial charge in [0.25, 0.3) is 15.9 Å². The summed E-state index contributed by atoms with van der Waals surface area (Å²) < 4.78 is 54.7. The van der Waals surface area contributed by atoms with Crippen molar-refractivity contribution in [3.8, 4) is 0 Å². The Morgan fingerprint density at radius 1 is 0.939 bits per heavy atom. The summed E-state index contributed by atoms with van der Waals surface area (Å²) in [5, 5.41) is 4.80. The van der Waals surface area contributed by atoms with Crippen LogP contribution in [0.1, 0.15) is 15.9 Å². The van der Waals surface area contributed by atoms with E-state index in [0.29, 0.717) is 5.56 Å². The molecule has 3 aromatic rings. The summed E-state index contributed by atoms with van der Waals surface area (Å²) in [6, 6.07) is 12.7. The van der Waals surface area contributed by atoms with E-state index in [1.54, 1.807) is 13.0 Å². The summed E-state index contributed by atoms with van der Waals surface area (Å²) in [7, 11) is -4.22. The molecule has 3 N–H and O–H groups in total. The van der Waals surface area contributed by atoms with E-state index in [1.807, 2.05) is 0 Å². The second-order valence-electron chi connectivity index (χ2n) is 6.97. The van der Waals surface area contributed by atoms with Crippen LogP contribution in [0.2, 0.25) is 5.02 Å². The molecule has 0 spiro atoms. The predicted molar refractivity (Wildman–Crippen MR) is 121 cm³/mol. The van der Waals surface area contributed by atoms with Crippen LogP contribution in [-0.2, 0) is 14.8 Å². The number of carbonyl (C=O) groups excluding carboxylic acids is 2. The fourth-order valence-electron chi connectivity index (χ4n) is 2.77. The zero-order valence-corrected chi connectivity index (χ0v) is 18.7. The monoisotopic (exact) mass is 493 g/mol. The molecule has 172 valence electrons. The highest BCUT2D eigenvalue weighted by Gasteiger charge is 2.19. The lowest BCUT2D eigenvalue weighted by atomic mass is 10.2. The number of anilines is 2. The first-order valence-corrected chi connectivity index (χ1v) is 11.3. The molecule has 33 heavy (non-hydrogen) atoms. The van der Waals surface area contributed by atoms with E-state index >= 15 is 0 Å². The molecular weight excluding hydrogens is 476 g/mol. The number of nitrogens with one attached hydrogen (secondary N) is 3. The highest BCUT2D eigenvalue weighted by atomic mass is 35.5. The number of aryl methyl sites for hydroxylation is 1. The van der Waals surface area contributed by atoms with Crippen molar-refractivity contribution in [1.82, 2.24) is 5.32 Å². The molecule has 11 heteroatoms. The van der Waals surface area contributed by atoms with Crippen LogP contribution < -0.4 is 15.4 Å². The fraction of sp³-hybridized carbons (Fsp3) is 0.0909. The van der Waals surface area contributed by atoms with Crippen molar-refractivity contribution in [3.63, 3.8) is 0 Å². The SMILES string of the molecule is Cc1ccc(NC(=O)CNC(=O)c2ccc(NS(=O)(=O)c3ccc(Cl)cc3F)cc2)c(F)c1. The Kier molecular flexibility index (Phi) is 7.29. The highest BCUT2D eigenvalue weighted by molar-refractivity contribution is 7.92. The molecular formula is C22H18ClF2N3O4S. The van der Waals surface area contributed by atoms with Gasteiger partial charge >= 0.3 is 0 Å². The number of rotatable bonds is 7. The summed E-state index contributed by atoms with van der Waals surface area (Å²) in [6.07, 6.45) is 0. The molecule has 0 heterocycles. The van der Waals surface area contributed by atoms with Crippen molar-refractivity contribution < 1.29 is 26.8 Å². The molecule has 0 aliphatic rings. The maximum atomic E-state index is 13.9. The van der Waals surface area contributed by atoms with Gasteiger partial charge in [0.2, 0.25) is 5.91 Å². The molecule has 0 radical (unpaired) electrons. The first-order valence-electron chi connectivity index (χ1n) is 9.47. The Bertz CT molecular complexity index is 1320. The molecule has 3 rings (SSSR count). The van der Waals surface area contributed by atoms with Crippen LogP contribution in [0.5, 0.6) is 0 Å². The lowest BCUT2D eigenvalue weighted by Gasteiger charge is -2.10. The second-order valence-corrected chi connectivity index (χ2v) is 9.06. The zero-order chi connectivity index (χ0) is 24.2. The highest BCUT2D eigenvalue weighted by Crippen LogP contribution is 2.22. The minimum atomic E-state index is -4.22. The molecule has 2 amide bonds. The van der Waals surface area contributed by atoms with Gasteiger partial charge in [-0.05, 0) is 67.1 Å². The van der Waals surface area contributed by atoms with Crippen LogP contribution in [-0.4, -0.2) is 26.8 Å². The minimum Gasteiger partial charge on any atom is -0.343 e. The number of halogens is 3. The van der Waals surface area contributed by atoms with E-state index < -0.39 is 44.9 Å². The molecule has 3 aromatic carbocycles. The van der Waals surface area contributed by atoms with Crippen LogP contribution in [0.25, 0.3) is 0 Å². The van der Waals surface area contributed by atoms with Gasteiger partial charge in [0, 0.05) is 16.3 Å². The number of sulfonamides is 1. The smallest absolute Gasteiger partial charge is 0.264 e. The van der Waals surface area contributed by atoms with E-state index in [-0.39, 0.29) is 22.0 Å². The van der Waals surface area contributed by atoms with E-state index in [0.717, 1.165) is 12.1 Å². The van der Waals surface area contributed by atoms with Gasteiger partial charge < -0.3 is 10.6 Å². The molecule has 0 fully saturated rings. The normalized spacial score (nSPS) is 11.0. The van der Waals surface area contributed by atoms with Crippen molar-refractivity contribution in [2.24, 2.45) is 0 Å². The van der Waals surface area contributed by atoms with E-state index in [1.165, 1.54) is 42.5 Å². The summed E-state index contributed by atoms with van der Waals surface area (Å²) in [5.74, 6) is -2.82. The lowest BCUT2D eigenvalue weighted by molar-refractivity contribution is -0.115. The predicted octanol–water partition coefficient (Wildman–Crippen LogP) is 4.10. The molecule has 0 aromatic heterocycles. The topological polar surface area (TPSA) is 104 Å². The molecule has 0 bridgehead atoms. The van der Waals surface area contributed by atoms with Gasteiger partial charge in [0.05, 0.1) is 12.2 Å². The average Bonchev–Trinajstić information content (AvgIpc) is 2.74. The van der Waals surface area contributed by atoms with Crippen molar-refractivity contribution in [2.45, 2.75) is 11.8 Å². The van der Waals surface area contributed by atoms with Crippen LogP contribution in [0, 0.1) is 18.6 Å². The van der Waals surface area contributed by atoms with Crippen molar-refractivity contribution in [2.75, 3.05) is 16.6 Å². The lowest BCUT2D eigenvalue weighted by Crippen LogP contribution is -2.33. The maximum Gasteiger partial charge on any atom is 0.264 e. The van der Waals surface area contributed by atoms with Gasteiger partial charge in [0.15, 0.2) is 0 Å². The number of hydrogen-bond acceptors (Lipinski definition) is 4. The third-order valence-electron chi connectivity index (χ3n) is 4.39. The zero-order valence-electron chi connectivity index (χ0n) is 17.2. The summed E-state index contributed by atoms with van der Waals surface area (Å²) in [4.78, 5) is 23.6. The van der Waals surface area contributed by atoms with Gasteiger partial charge in [0.1, 0.15) is 16.5 Å². The molecule has 0 aliphatic carbocycles. The Morgan fingerprint density at radius 2 is 1.64 bits per heavy atom. The Morgan fingerprint density at radius 3 is 2.27 bits per heavy atom. The Balaban J connectivity index is 1.59. The molecule has 0 saturated heterocycles. The molecule has 0 aliphatic heterocycles. The van der Waals surface area contributed by atoms with Crippen molar-refractivity contribution in [3.05, 3.63) is 88.4 Å². The summed E-state index contributed by atoms with van der Waals surface area (Å²) in [6.45, 7) is 1.30. The van der Waals surface area contributed by atoms with Gasteiger partial charge in [-0.3, -0.25) is 14.3 Å². The van der Waals surface area contributed by atoms with Gasteiger partial charge in [-0.15, -0.1) is 0 Å².